The highest BCUT2D eigenvalue weighted by Gasteiger charge is 2.25. The fraction of sp³-hybridized carbons (Fsp3) is 0.278. The van der Waals surface area contributed by atoms with Gasteiger partial charge in [-0.2, -0.15) is 0 Å². The van der Waals surface area contributed by atoms with Crippen molar-refractivity contribution in [3.63, 3.8) is 0 Å². The van der Waals surface area contributed by atoms with Crippen molar-refractivity contribution in [2.45, 2.75) is 26.8 Å². The highest BCUT2D eigenvalue weighted by molar-refractivity contribution is 6.30. The Morgan fingerprint density at radius 3 is 2.29 bits per heavy atom. The fourth-order valence-electron chi connectivity index (χ4n) is 2.12. The first-order chi connectivity index (χ1) is 11.4. The van der Waals surface area contributed by atoms with Crippen LogP contribution in [0, 0.1) is 12.8 Å². The molecular weight excluding hydrogens is 326 g/mol. The lowest BCUT2D eigenvalue weighted by molar-refractivity contribution is -0.118. The number of nitrogens with zero attached hydrogens (tertiary/aromatic N) is 1. The van der Waals surface area contributed by atoms with Crippen LogP contribution in [0.1, 0.15) is 29.8 Å². The third-order valence-corrected chi connectivity index (χ3v) is 3.75. The van der Waals surface area contributed by atoms with Crippen molar-refractivity contribution in [3.8, 4) is 0 Å². The normalized spacial score (nSPS) is 11.9. The van der Waals surface area contributed by atoms with Gasteiger partial charge in [0.05, 0.1) is 5.02 Å². The van der Waals surface area contributed by atoms with E-state index in [9.17, 15) is 9.59 Å². The van der Waals surface area contributed by atoms with Crippen LogP contribution in [0.5, 0.6) is 0 Å². The maximum atomic E-state index is 12.5. The van der Waals surface area contributed by atoms with E-state index in [4.69, 9.17) is 11.6 Å². The summed E-state index contributed by atoms with van der Waals surface area (Å²) in [6, 6.07) is 9.77. The number of carbonyl (C=O) groups is 2. The number of hydrogen-bond acceptors (Lipinski definition) is 3. The average Bonchev–Trinajstić information content (AvgIpc) is 2.54. The predicted octanol–water partition coefficient (Wildman–Crippen LogP) is 3.44. The lowest BCUT2D eigenvalue weighted by Gasteiger charge is -2.21. The zero-order valence-electron chi connectivity index (χ0n) is 13.8. The van der Waals surface area contributed by atoms with Gasteiger partial charge in [-0.1, -0.05) is 43.1 Å². The van der Waals surface area contributed by atoms with Crippen molar-refractivity contribution < 1.29 is 9.59 Å². The minimum Gasteiger partial charge on any atom is -0.340 e. The number of rotatable bonds is 5. The SMILES string of the molecule is Cc1ccc(C(=O)NC(C(=O)Nc2ccc(Cl)cn2)C(C)C)cc1. The Morgan fingerprint density at radius 2 is 1.75 bits per heavy atom. The first kappa shape index (κ1) is 17.9. The van der Waals surface area contributed by atoms with E-state index in [0.717, 1.165) is 5.56 Å². The molecular formula is C18H20ClN3O2. The van der Waals surface area contributed by atoms with Crippen LogP contribution in [-0.4, -0.2) is 22.8 Å². The second-order valence-electron chi connectivity index (χ2n) is 5.91. The van der Waals surface area contributed by atoms with Gasteiger partial charge in [0, 0.05) is 11.8 Å². The number of aromatic nitrogens is 1. The van der Waals surface area contributed by atoms with Gasteiger partial charge in [-0.15, -0.1) is 0 Å². The summed E-state index contributed by atoms with van der Waals surface area (Å²) in [5.41, 5.74) is 1.59. The van der Waals surface area contributed by atoms with Crippen LogP contribution in [-0.2, 0) is 4.79 Å². The number of aryl methyl sites for hydroxylation is 1. The smallest absolute Gasteiger partial charge is 0.251 e. The van der Waals surface area contributed by atoms with Gasteiger partial charge in [-0.05, 0) is 37.1 Å². The van der Waals surface area contributed by atoms with E-state index in [-0.39, 0.29) is 17.7 Å². The maximum Gasteiger partial charge on any atom is 0.251 e. The molecule has 0 aliphatic rings. The van der Waals surface area contributed by atoms with Crippen LogP contribution in [0.4, 0.5) is 5.82 Å². The summed E-state index contributed by atoms with van der Waals surface area (Å²) in [7, 11) is 0. The van der Waals surface area contributed by atoms with Crippen LogP contribution in [0.15, 0.2) is 42.6 Å². The molecule has 126 valence electrons. The Kier molecular flexibility index (Phi) is 5.93. The molecule has 0 aliphatic carbocycles. The molecule has 5 nitrogen and oxygen atoms in total. The van der Waals surface area contributed by atoms with Gasteiger partial charge < -0.3 is 10.6 Å². The molecule has 0 saturated carbocycles. The van der Waals surface area contributed by atoms with Crippen molar-refractivity contribution in [1.82, 2.24) is 10.3 Å². The van der Waals surface area contributed by atoms with E-state index < -0.39 is 6.04 Å². The largest absolute Gasteiger partial charge is 0.340 e. The first-order valence-electron chi connectivity index (χ1n) is 7.67. The molecule has 0 spiro atoms. The number of hydrogen-bond donors (Lipinski definition) is 2. The van der Waals surface area contributed by atoms with Crippen molar-refractivity contribution in [3.05, 3.63) is 58.7 Å². The molecule has 1 atom stereocenters. The molecule has 0 saturated heterocycles. The Morgan fingerprint density at radius 1 is 1.08 bits per heavy atom. The highest BCUT2D eigenvalue weighted by Crippen LogP contribution is 2.12. The Hall–Kier alpha value is -2.40. The Bertz CT molecular complexity index is 712. The Labute approximate surface area is 146 Å². The Balaban J connectivity index is 2.07. The molecule has 24 heavy (non-hydrogen) atoms. The summed E-state index contributed by atoms with van der Waals surface area (Å²) in [5.74, 6) is -0.292. The molecule has 0 bridgehead atoms. The topological polar surface area (TPSA) is 71.1 Å². The molecule has 0 aliphatic heterocycles. The molecule has 1 aromatic carbocycles. The average molecular weight is 346 g/mol. The van der Waals surface area contributed by atoms with Crippen molar-refractivity contribution in [2.24, 2.45) is 5.92 Å². The summed E-state index contributed by atoms with van der Waals surface area (Å²) in [6.07, 6.45) is 1.45. The molecule has 0 fully saturated rings. The standard InChI is InChI=1S/C18H20ClN3O2/c1-11(2)16(18(24)21-15-9-8-14(19)10-20-15)22-17(23)13-6-4-12(3)5-7-13/h4-11,16H,1-3H3,(H,22,23)(H,20,21,24). The van der Waals surface area contributed by atoms with Crippen molar-refractivity contribution in [1.29, 1.82) is 0 Å². The van der Waals surface area contributed by atoms with E-state index in [0.29, 0.717) is 16.4 Å². The lowest BCUT2D eigenvalue weighted by Crippen LogP contribution is -2.47. The van der Waals surface area contributed by atoms with Gasteiger partial charge in [0.1, 0.15) is 11.9 Å². The molecule has 6 heteroatoms. The van der Waals surface area contributed by atoms with Gasteiger partial charge in [-0.25, -0.2) is 4.98 Å². The van der Waals surface area contributed by atoms with E-state index in [1.54, 1.807) is 24.3 Å². The molecule has 2 aromatic rings. The third kappa shape index (κ3) is 4.80. The number of halogens is 1. The number of pyridine rings is 1. The second kappa shape index (κ2) is 7.93. The van der Waals surface area contributed by atoms with Crippen LogP contribution in [0.2, 0.25) is 5.02 Å². The van der Waals surface area contributed by atoms with Crippen molar-refractivity contribution >= 4 is 29.2 Å². The highest BCUT2D eigenvalue weighted by atomic mass is 35.5. The molecule has 1 aromatic heterocycles. The van der Waals surface area contributed by atoms with E-state index in [2.05, 4.69) is 15.6 Å². The minimum atomic E-state index is -0.670. The summed E-state index contributed by atoms with van der Waals surface area (Å²) < 4.78 is 0. The summed E-state index contributed by atoms with van der Waals surface area (Å²) >= 11 is 5.78. The number of carbonyl (C=O) groups excluding carboxylic acids is 2. The van der Waals surface area contributed by atoms with Gasteiger partial charge in [0.2, 0.25) is 5.91 Å². The summed E-state index contributed by atoms with van der Waals surface area (Å²) in [5, 5.41) is 5.96. The molecule has 0 radical (unpaired) electrons. The van der Waals surface area contributed by atoms with Crippen LogP contribution in [0.25, 0.3) is 0 Å². The number of benzene rings is 1. The van der Waals surface area contributed by atoms with Crippen molar-refractivity contribution in [2.75, 3.05) is 5.32 Å². The quantitative estimate of drug-likeness (QED) is 0.872. The molecule has 2 rings (SSSR count). The maximum absolute atomic E-state index is 12.5. The number of amides is 2. The monoisotopic (exact) mass is 345 g/mol. The first-order valence-corrected chi connectivity index (χ1v) is 8.04. The third-order valence-electron chi connectivity index (χ3n) is 3.53. The summed E-state index contributed by atoms with van der Waals surface area (Å²) in [4.78, 5) is 28.8. The number of anilines is 1. The minimum absolute atomic E-state index is 0.0771. The lowest BCUT2D eigenvalue weighted by atomic mass is 10.0. The van der Waals surface area contributed by atoms with E-state index >= 15 is 0 Å². The van der Waals surface area contributed by atoms with Crippen LogP contribution >= 0.6 is 11.6 Å². The van der Waals surface area contributed by atoms with Gasteiger partial charge >= 0.3 is 0 Å². The zero-order valence-corrected chi connectivity index (χ0v) is 14.6. The molecule has 2 amide bonds. The van der Waals surface area contributed by atoms with E-state index in [1.807, 2.05) is 32.9 Å². The van der Waals surface area contributed by atoms with Crippen LogP contribution in [0.3, 0.4) is 0 Å². The predicted molar refractivity (Wildman–Crippen MR) is 95.1 cm³/mol. The number of nitrogens with one attached hydrogen (secondary N) is 2. The van der Waals surface area contributed by atoms with Gasteiger partial charge in [0.25, 0.3) is 5.91 Å². The zero-order chi connectivity index (χ0) is 17.7. The fourth-order valence-corrected chi connectivity index (χ4v) is 2.23. The molecule has 1 heterocycles. The summed E-state index contributed by atoms with van der Waals surface area (Å²) in [6.45, 7) is 5.69. The van der Waals surface area contributed by atoms with E-state index in [1.165, 1.54) is 6.20 Å². The molecule has 2 N–H and O–H groups in total. The molecule has 1 unspecified atom stereocenters. The van der Waals surface area contributed by atoms with Gasteiger partial charge in [0.15, 0.2) is 0 Å². The van der Waals surface area contributed by atoms with Gasteiger partial charge in [-0.3, -0.25) is 9.59 Å². The second-order valence-corrected chi connectivity index (χ2v) is 6.35. The van der Waals surface area contributed by atoms with Crippen LogP contribution < -0.4 is 10.6 Å².